The molecule has 0 spiro atoms. The van der Waals surface area contributed by atoms with E-state index in [0.29, 0.717) is 11.4 Å². The van der Waals surface area contributed by atoms with E-state index in [0.717, 1.165) is 4.90 Å². The first-order valence-corrected chi connectivity index (χ1v) is 5.74. The smallest absolute Gasteiger partial charge is 0.395 e. The molecule has 0 bridgehead atoms. The molecule has 2 aromatic rings. The molecule has 0 fully saturated rings. The first kappa shape index (κ1) is 13.4. The molecule has 100 valence electrons. The van der Waals surface area contributed by atoms with E-state index in [1.54, 1.807) is 42.6 Å². The lowest BCUT2D eigenvalue weighted by molar-refractivity contribution is -0.148. The predicted octanol–water partition coefficient (Wildman–Crippen LogP) is 1.57. The number of carbonyl (C=O) groups excluding carboxylic acids is 1. The minimum Gasteiger partial charge on any atom is -0.474 e. The zero-order valence-corrected chi connectivity index (χ0v) is 10.4. The van der Waals surface area contributed by atoms with Crippen molar-refractivity contribution in [3.63, 3.8) is 0 Å². The quantitative estimate of drug-likeness (QED) is 0.855. The fourth-order valence-electron chi connectivity index (χ4n) is 1.51. The second kappa shape index (κ2) is 6.24. The Morgan fingerprint density at radius 3 is 2.50 bits per heavy atom. The van der Waals surface area contributed by atoms with Gasteiger partial charge in [-0.25, -0.2) is 14.8 Å². The van der Waals surface area contributed by atoms with E-state index >= 15 is 0 Å². The molecule has 0 aliphatic carbocycles. The molecular formula is C14H11N3O3. The summed E-state index contributed by atoms with van der Waals surface area (Å²) in [4.78, 5) is 31.4. The van der Waals surface area contributed by atoms with Crippen LogP contribution >= 0.6 is 0 Å². The summed E-state index contributed by atoms with van der Waals surface area (Å²) in [6.07, 6.45) is 5.83. The SMILES string of the molecule is O=C(O)C(=O)N(C=Cc1ccncn1)c1ccccc1. The molecule has 0 radical (unpaired) electrons. The van der Waals surface area contributed by atoms with Crippen molar-refractivity contribution in [2.75, 3.05) is 4.90 Å². The van der Waals surface area contributed by atoms with Crippen LogP contribution in [-0.2, 0) is 9.59 Å². The maximum absolute atomic E-state index is 11.7. The van der Waals surface area contributed by atoms with Gasteiger partial charge in [0, 0.05) is 18.1 Å². The maximum atomic E-state index is 11.7. The van der Waals surface area contributed by atoms with Crippen molar-refractivity contribution in [1.82, 2.24) is 9.97 Å². The highest BCUT2D eigenvalue weighted by atomic mass is 16.4. The van der Waals surface area contributed by atoms with Crippen LogP contribution in [0.3, 0.4) is 0 Å². The molecular weight excluding hydrogens is 258 g/mol. The topological polar surface area (TPSA) is 83.4 Å². The van der Waals surface area contributed by atoms with Crippen LogP contribution in [0.1, 0.15) is 5.69 Å². The molecule has 1 amide bonds. The third-order valence-corrected chi connectivity index (χ3v) is 2.44. The van der Waals surface area contributed by atoms with Crippen molar-refractivity contribution in [2.24, 2.45) is 0 Å². The first-order chi connectivity index (χ1) is 9.68. The van der Waals surface area contributed by atoms with Gasteiger partial charge in [0.25, 0.3) is 0 Å². The van der Waals surface area contributed by atoms with Crippen molar-refractivity contribution in [1.29, 1.82) is 0 Å². The first-order valence-electron chi connectivity index (χ1n) is 5.74. The Morgan fingerprint density at radius 2 is 1.90 bits per heavy atom. The Kier molecular flexibility index (Phi) is 4.18. The van der Waals surface area contributed by atoms with E-state index in [1.807, 2.05) is 0 Å². The van der Waals surface area contributed by atoms with Gasteiger partial charge >= 0.3 is 11.9 Å². The number of aromatic nitrogens is 2. The second-order valence-corrected chi connectivity index (χ2v) is 3.77. The van der Waals surface area contributed by atoms with Crippen LogP contribution in [0, 0.1) is 0 Å². The third-order valence-electron chi connectivity index (χ3n) is 2.44. The molecule has 6 nitrogen and oxygen atoms in total. The Hall–Kier alpha value is -3.02. The number of nitrogens with zero attached hydrogens (tertiary/aromatic N) is 3. The van der Waals surface area contributed by atoms with Crippen molar-refractivity contribution in [3.8, 4) is 0 Å². The number of carboxylic acid groups (broad SMARTS) is 1. The van der Waals surface area contributed by atoms with Crippen LogP contribution < -0.4 is 4.90 Å². The van der Waals surface area contributed by atoms with Gasteiger partial charge in [-0.05, 0) is 24.3 Å². The van der Waals surface area contributed by atoms with E-state index in [9.17, 15) is 9.59 Å². The Bertz CT molecular complexity index is 627. The Morgan fingerprint density at radius 1 is 1.15 bits per heavy atom. The number of rotatable bonds is 3. The molecule has 0 saturated heterocycles. The number of carboxylic acids is 1. The standard InChI is InChI=1S/C14H11N3O3/c18-13(14(19)20)17(12-4-2-1-3-5-12)9-7-11-6-8-15-10-16-11/h1-10H,(H,19,20). The van der Waals surface area contributed by atoms with Gasteiger partial charge in [0.2, 0.25) is 0 Å². The molecule has 0 atom stereocenters. The van der Waals surface area contributed by atoms with Gasteiger partial charge in [-0.2, -0.15) is 0 Å². The summed E-state index contributed by atoms with van der Waals surface area (Å²) in [5, 5.41) is 8.86. The molecule has 0 aliphatic heterocycles. The maximum Gasteiger partial charge on any atom is 0.395 e. The highest BCUT2D eigenvalue weighted by Crippen LogP contribution is 2.15. The van der Waals surface area contributed by atoms with Crippen LogP contribution in [0.2, 0.25) is 0 Å². The lowest BCUT2D eigenvalue weighted by Crippen LogP contribution is -2.32. The van der Waals surface area contributed by atoms with Gasteiger partial charge in [0.1, 0.15) is 6.33 Å². The summed E-state index contributed by atoms with van der Waals surface area (Å²) in [6.45, 7) is 0. The molecule has 0 unspecified atom stereocenters. The molecule has 0 aliphatic rings. The lowest BCUT2D eigenvalue weighted by Gasteiger charge is -2.15. The van der Waals surface area contributed by atoms with E-state index in [1.165, 1.54) is 18.6 Å². The number of aliphatic carboxylic acids is 1. The van der Waals surface area contributed by atoms with Crippen molar-refractivity contribution in [3.05, 3.63) is 60.8 Å². The number of para-hydroxylation sites is 1. The predicted molar refractivity (Wildman–Crippen MR) is 72.6 cm³/mol. The van der Waals surface area contributed by atoms with Crippen LogP contribution in [0.5, 0.6) is 0 Å². The van der Waals surface area contributed by atoms with E-state index < -0.39 is 11.9 Å². The summed E-state index contributed by atoms with van der Waals surface area (Å²) in [5.74, 6) is -2.57. The summed E-state index contributed by atoms with van der Waals surface area (Å²) in [5.41, 5.74) is 1.03. The minimum absolute atomic E-state index is 0.463. The van der Waals surface area contributed by atoms with Crippen LogP contribution in [0.25, 0.3) is 6.08 Å². The fourth-order valence-corrected chi connectivity index (χ4v) is 1.51. The largest absolute Gasteiger partial charge is 0.474 e. The highest BCUT2D eigenvalue weighted by Gasteiger charge is 2.20. The van der Waals surface area contributed by atoms with Gasteiger partial charge in [-0.3, -0.25) is 9.69 Å². The molecule has 6 heteroatoms. The summed E-state index contributed by atoms with van der Waals surface area (Å²) in [7, 11) is 0. The van der Waals surface area contributed by atoms with Crippen LogP contribution in [-0.4, -0.2) is 27.0 Å². The van der Waals surface area contributed by atoms with E-state index in [-0.39, 0.29) is 0 Å². The van der Waals surface area contributed by atoms with Gasteiger partial charge in [-0.1, -0.05) is 18.2 Å². The van der Waals surface area contributed by atoms with Crippen LogP contribution in [0.15, 0.2) is 55.1 Å². The average Bonchev–Trinajstić information content (AvgIpc) is 2.49. The summed E-state index contributed by atoms with van der Waals surface area (Å²) < 4.78 is 0. The molecule has 1 N–H and O–H groups in total. The molecule has 20 heavy (non-hydrogen) atoms. The molecule has 1 aromatic carbocycles. The zero-order valence-electron chi connectivity index (χ0n) is 10.4. The molecule has 0 saturated carbocycles. The normalized spacial score (nSPS) is 10.4. The molecule has 2 rings (SSSR count). The molecule has 1 aromatic heterocycles. The second-order valence-electron chi connectivity index (χ2n) is 3.77. The van der Waals surface area contributed by atoms with Gasteiger partial charge in [-0.15, -0.1) is 0 Å². The van der Waals surface area contributed by atoms with Crippen molar-refractivity contribution < 1.29 is 14.7 Å². The summed E-state index contributed by atoms with van der Waals surface area (Å²) >= 11 is 0. The Balaban J connectivity index is 2.31. The zero-order chi connectivity index (χ0) is 14.4. The van der Waals surface area contributed by atoms with E-state index in [4.69, 9.17) is 5.11 Å². The van der Waals surface area contributed by atoms with Gasteiger partial charge in [0.05, 0.1) is 5.69 Å². The van der Waals surface area contributed by atoms with Crippen molar-refractivity contribution in [2.45, 2.75) is 0 Å². The number of amides is 1. The fraction of sp³-hybridized carbons (Fsp3) is 0. The average molecular weight is 269 g/mol. The number of hydrogen-bond acceptors (Lipinski definition) is 4. The van der Waals surface area contributed by atoms with Crippen molar-refractivity contribution >= 4 is 23.6 Å². The Labute approximate surface area is 115 Å². The number of carbonyl (C=O) groups is 2. The summed E-state index contributed by atoms with van der Waals surface area (Å²) in [6, 6.07) is 10.1. The highest BCUT2D eigenvalue weighted by molar-refractivity contribution is 6.37. The monoisotopic (exact) mass is 269 g/mol. The van der Waals surface area contributed by atoms with Crippen LogP contribution in [0.4, 0.5) is 5.69 Å². The van der Waals surface area contributed by atoms with Gasteiger partial charge in [0.15, 0.2) is 0 Å². The third kappa shape index (κ3) is 3.26. The molecule has 1 heterocycles. The van der Waals surface area contributed by atoms with E-state index in [2.05, 4.69) is 9.97 Å². The number of benzene rings is 1. The van der Waals surface area contributed by atoms with Gasteiger partial charge < -0.3 is 5.11 Å². The number of hydrogen-bond donors (Lipinski definition) is 1. The minimum atomic E-state index is -1.53. The number of anilines is 1. The lowest BCUT2D eigenvalue weighted by atomic mass is 10.3.